The molecule has 0 radical (unpaired) electrons. The van der Waals surface area contributed by atoms with Crippen LogP contribution in [0.3, 0.4) is 0 Å². The van der Waals surface area contributed by atoms with Crippen molar-refractivity contribution in [2.75, 3.05) is 0 Å². The van der Waals surface area contributed by atoms with E-state index < -0.39 is 5.97 Å². The molecule has 1 aliphatic rings. The third-order valence-electron chi connectivity index (χ3n) is 3.76. The highest BCUT2D eigenvalue weighted by atomic mass is 16.4. The summed E-state index contributed by atoms with van der Waals surface area (Å²) >= 11 is 0. The smallest absolute Gasteiger partial charge is 0.306 e. The van der Waals surface area contributed by atoms with E-state index in [0.717, 1.165) is 31.6 Å². The zero-order valence-corrected chi connectivity index (χ0v) is 9.87. The second-order valence-electron chi connectivity index (χ2n) is 4.88. The van der Waals surface area contributed by atoms with E-state index in [2.05, 4.69) is 6.92 Å². The summed E-state index contributed by atoms with van der Waals surface area (Å²) in [5.41, 5.74) is 0. The molecule has 2 unspecified atom stereocenters. The molecular formula is C13H24O2. The normalized spacial score (nSPS) is 29.7. The van der Waals surface area contributed by atoms with Crippen LogP contribution in [0.15, 0.2) is 0 Å². The van der Waals surface area contributed by atoms with Gasteiger partial charge in [-0.15, -0.1) is 0 Å². The van der Waals surface area contributed by atoms with E-state index in [1.165, 1.54) is 32.1 Å². The second kappa shape index (κ2) is 6.86. The topological polar surface area (TPSA) is 37.3 Å². The summed E-state index contributed by atoms with van der Waals surface area (Å²) in [4.78, 5) is 11.0. The van der Waals surface area contributed by atoms with E-state index in [1.54, 1.807) is 0 Å². The lowest BCUT2D eigenvalue weighted by molar-refractivity contribution is -0.142. The molecule has 0 aromatic rings. The SMILES string of the molecule is CCC1CCCCCC(C(=O)O)CCC1. The number of carboxylic acids is 1. The minimum atomic E-state index is -0.580. The monoisotopic (exact) mass is 212 g/mol. The molecule has 0 aromatic carbocycles. The molecule has 2 atom stereocenters. The molecule has 1 fully saturated rings. The van der Waals surface area contributed by atoms with Crippen molar-refractivity contribution in [3.8, 4) is 0 Å². The maximum atomic E-state index is 11.0. The molecule has 0 aliphatic heterocycles. The minimum absolute atomic E-state index is 0.0689. The van der Waals surface area contributed by atoms with Crippen molar-refractivity contribution in [2.24, 2.45) is 11.8 Å². The first-order chi connectivity index (χ1) is 7.24. The van der Waals surface area contributed by atoms with Crippen molar-refractivity contribution < 1.29 is 9.90 Å². The molecule has 0 amide bonds. The standard InChI is InChI=1S/C13H24O2/c1-2-11-7-4-3-5-9-12(13(14)15)10-6-8-11/h11-12H,2-10H2,1H3,(H,14,15). The van der Waals surface area contributed by atoms with Crippen molar-refractivity contribution in [3.63, 3.8) is 0 Å². The summed E-state index contributed by atoms with van der Waals surface area (Å²) in [7, 11) is 0. The second-order valence-corrected chi connectivity index (χ2v) is 4.88. The Hall–Kier alpha value is -0.530. The molecule has 1 aliphatic carbocycles. The molecule has 0 bridgehead atoms. The average Bonchev–Trinajstić information content (AvgIpc) is 2.24. The fourth-order valence-corrected chi connectivity index (χ4v) is 2.60. The summed E-state index contributed by atoms with van der Waals surface area (Å²) in [6, 6.07) is 0. The van der Waals surface area contributed by atoms with Crippen LogP contribution in [-0.4, -0.2) is 11.1 Å². The van der Waals surface area contributed by atoms with Gasteiger partial charge in [0, 0.05) is 0 Å². The van der Waals surface area contributed by atoms with Gasteiger partial charge in [0.15, 0.2) is 0 Å². The lowest BCUT2D eigenvalue weighted by Crippen LogP contribution is -2.15. The van der Waals surface area contributed by atoms with Gasteiger partial charge >= 0.3 is 5.97 Å². The predicted octanol–water partition coefficient (Wildman–Crippen LogP) is 3.85. The molecule has 0 saturated heterocycles. The van der Waals surface area contributed by atoms with E-state index >= 15 is 0 Å². The molecule has 1 N–H and O–H groups in total. The maximum absolute atomic E-state index is 11.0. The molecule has 0 heterocycles. The zero-order chi connectivity index (χ0) is 11.1. The summed E-state index contributed by atoms with van der Waals surface area (Å²) in [5.74, 6) is 0.196. The van der Waals surface area contributed by atoms with Crippen LogP contribution in [-0.2, 0) is 4.79 Å². The number of rotatable bonds is 2. The van der Waals surface area contributed by atoms with Gasteiger partial charge in [0.2, 0.25) is 0 Å². The summed E-state index contributed by atoms with van der Waals surface area (Å²) < 4.78 is 0. The predicted molar refractivity (Wildman–Crippen MR) is 61.8 cm³/mol. The van der Waals surface area contributed by atoms with Gasteiger partial charge in [0.05, 0.1) is 5.92 Å². The summed E-state index contributed by atoms with van der Waals surface area (Å²) in [5, 5.41) is 9.04. The highest BCUT2D eigenvalue weighted by Crippen LogP contribution is 2.26. The van der Waals surface area contributed by atoms with Gasteiger partial charge in [0.25, 0.3) is 0 Å². The van der Waals surface area contributed by atoms with Crippen LogP contribution in [0.2, 0.25) is 0 Å². The highest BCUT2D eigenvalue weighted by Gasteiger charge is 2.18. The molecule has 0 aromatic heterocycles. The van der Waals surface area contributed by atoms with Gasteiger partial charge in [-0.2, -0.15) is 0 Å². The third-order valence-corrected chi connectivity index (χ3v) is 3.76. The first-order valence-electron chi connectivity index (χ1n) is 6.46. The number of hydrogen-bond donors (Lipinski definition) is 1. The van der Waals surface area contributed by atoms with Gasteiger partial charge in [-0.1, -0.05) is 51.9 Å². The molecule has 15 heavy (non-hydrogen) atoms. The number of hydrogen-bond acceptors (Lipinski definition) is 1. The van der Waals surface area contributed by atoms with E-state index in [9.17, 15) is 4.79 Å². The van der Waals surface area contributed by atoms with E-state index in [4.69, 9.17) is 5.11 Å². The van der Waals surface area contributed by atoms with Crippen molar-refractivity contribution in [1.29, 1.82) is 0 Å². The van der Waals surface area contributed by atoms with Gasteiger partial charge in [-0.25, -0.2) is 0 Å². The van der Waals surface area contributed by atoms with Gasteiger partial charge in [-0.3, -0.25) is 4.79 Å². The van der Waals surface area contributed by atoms with Gasteiger partial charge < -0.3 is 5.11 Å². The van der Waals surface area contributed by atoms with Crippen molar-refractivity contribution in [2.45, 2.75) is 64.7 Å². The quantitative estimate of drug-likeness (QED) is 0.755. The number of carboxylic acid groups (broad SMARTS) is 1. The maximum Gasteiger partial charge on any atom is 0.306 e. The Balaban J connectivity index is 2.39. The first kappa shape index (κ1) is 12.5. The van der Waals surface area contributed by atoms with Crippen LogP contribution < -0.4 is 0 Å². The van der Waals surface area contributed by atoms with Gasteiger partial charge in [0.1, 0.15) is 0 Å². The molecule has 0 spiro atoms. The number of carbonyl (C=O) groups is 1. The molecule has 1 rings (SSSR count). The van der Waals surface area contributed by atoms with Crippen molar-refractivity contribution in [3.05, 3.63) is 0 Å². The number of aliphatic carboxylic acids is 1. The zero-order valence-electron chi connectivity index (χ0n) is 9.87. The molecule has 88 valence electrons. The largest absolute Gasteiger partial charge is 0.481 e. The average molecular weight is 212 g/mol. The lowest BCUT2D eigenvalue weighted by Gasteiger charge is -2.19. The Labute approximate surface area is 93.1 Å². The van der Waals surface area contributed by atoms with Gasteiger partial charge in [-0.05, 0) is 18.8 Å². The minimum Gasteiger partial charge on any atom is -0.481 e. The van der Waals surface area contributed by atoms with E-state index in [-0.39, 0.29) is 5.92 Å². The molecular weight excluding hydrogens is 188 g/mol. The summed E-state index contributed by atoms with van der Waals surface area (Å²) in [6.45, 7) is 2.26. The van der Waals surface area contributed by atoms with Crippen molar-refractivity contribution in [1.82, 2.24) is 0 Å². The third kappa shape index (κ3) is 4.67. The van der Waals surface area contributed by atoms with E-state index in [1.807, 2.05) is 0 Å². The highest BCUT2D eigenvalue weighted by molar-refractivity contribution is 5.69. The van der Waals surface area contributed by atoms with Crippen LogP contribution in [0.4, 0.5) is 0 Å². The molecule has 2 heteroatoms. The molecule has 1 saturated carbocycles. The van der Waals surface area contributed by atoms with Crippen LogP contribution in [0.5, 0.6) is 0 Å². The molecule has 2 nitrogen and oxygen atoms in total. The fourth-order valence-electron chi connectivity index (χ4n) is 2.60. The first-order valence-corrected chi connectivity index (χ1v) is 6.46. The summed E-state index contributed by atoms with van der Waals surface area (Å²) in [6.07, 6.45) is 10.4. The van der Waals surface area contributed by atoms with Crippen LogP contribution in [0.25, 0.3) is 0 Å². The Bertz CT molecular complexity index is 189. The van der Waals surface area contributed by atoms with Crippen LogP contribution in [0.1, 0.15) is 64.7 Å². The van der Waals surface area contributed by atoms with Crippen LogP contribution in [0, 0.1) is 11.8 Å². The lowest BCUT2D eigenvalue weighted by atomic mass is 9.87. The Morgan fingerprint density at radius 1 is 1.07 bits per heavy atom. The van der Waals surface area contributed by atoms with E-state index in [0.29, 0.717) is 0 Å². The van der Waals surface area contributed by atoms with Crippen molar-refractivity contribution >= 4 is 5.97 Å². The van der Waals surface area contributed by atoms with Crippen LogP contribution >= 0.6 is 0 Å². The Morgan fingerprint density at radius 3 is 2.33 bits per heavy atom. The Kier molecular flexibility index (Phi) is 5.74. The fraction of sp³-hybridized carbons (Fsp3) is 0.923. The Morgan fingerprint density at radius 2 is 1.67 bits per heavy atom.